The van der Waals surface area contributed by atoms with Crippen LogP contribution in [0.15, 0.2) is 140 Å². The van der Waals surface area contributed by atoms with Crippen LogP contribution in [0.2, 0.25) is 0 Å². The number of nitrogens with zero attached hydrogens (tertiary/aromatic N) is 1. The molecule has 0 saturated carbocycles. The summed E-state index contributed by atoms with van der Waals surface area (Å²) in [7, 11) is 0. The average Bonchev–Trinajstić information content (AvgIpc) is 3.37. The zero-order valence-corrected chi connectivity index (χ0v) is 21.0. The van der Waals surface area contributed by atoms with Crippen molar-refractivity contribution in [2.45, 2.75) is 0 Å². The molecule has 0 aliphatic carbocycles. The molecule has 1 nitrogen and oxygen atoms in total. The van der Waals surface area contributed by atoms with Gasteiger partial charge in [0, 0.05) is 38.1 Å². The number of hydrogen-bond acceptors (Lipinski definition) is 2. The summed E-state index contributed by atoms with van der Waals surface area (Å²) in [5.41, 5.74) is 9.86. The molecule has 0 amide bonds. The van der Waals surface area contributed by atoms with Gasteiger partial charge in [0.05, 0.1) is 0 Å². The maximum Gasteiger partial charge on any atom is 0.0434 e. The van der Waals surface area contributed by atoms with E-state index in [1.807, 2.05) is 29.8 Å². The Morgan fingerprint density at radius 3 is 1.68 bits per heavy atom. The van der Waals surface area contributed by atoms with Crippen molar-refractivity contribution in [1.29, 1.82) is 0 Å². The molecule has 174 valence electrons. The minimum atomic E-state index is 1.13. The molecule has 0 saturated heterocycles. The molecule has 2 aromatic heterocycles. The molecule has 0 bridgehead atoms. The molecule has 0 aliphatic rings. The maximum absolute atomic E-state index is 4.27. The Labute approximate surface area is 220 Å². The van der Waals surface area contributed by atoms with E-state index >= 15 is 0 Å². The van der Waals surface area contributed by atoms with E-state index in [1.54, 1.807) is 0 Å². The first kappa shape index (κ1) is 21.7. The monoisotopic (exact) mass is 489 g/mol. The van der Waals surface area contributed by atoms with E-state index in [-0.39, 0.29) is 0 Å². The first-order valence-corrected chi connectivity index (χ1v) is 13.3. The molecule has 0 fully saturated rings. The van der Waals surface area contributed by atoms with Gasteiger partial charge in [-0.1, -0.05) is 121 Å². The van der Waals surface area contributed by atoms with Crippen molar-refractivity contribution in [2.24, 2.45) is 0 Å². The molecule has 7 rings (SSSR count). The van der Waals surface area contributed by atoms with Gasteiger partial charge in [0.25, 0.3) is 0 Å². The van der Waals surface area contributed by atoms with Crippen LogP contribution in [0, 0.1) is 0 Å². The van der Waals surface area contributed by atoms with Gasteiger partial charge in [0.1, 0.15) is 0 Å². The molecule has 0 aliphatic heterocycles. The van der Waals surface area contributed by atoms with Crippen LogP contribution in [-0.4, -0.2) is 4.98 Å². The van der Waals surface area contributed by atoms with Crippen molar-refractivity contribution >= 4 is 31.5 Å². The summed E-state index contributed by atoms with van der Waals surface area (Å²) in [6.07, 6.45) is 3.72. The molecular weight excluding hydrogens is 466 g/mol. The lowest BCUT2D eigenvalue weighted by Crippen LogP contribution is -1.86. The topological polar surface area (TPSA) is 12.9 Å². The smallest absolute Gasteiger partial charge is 0.0434 e. The molecule has 0 radical (unpaired) electrons. The largest absolute Gasteiger partial charge is 0.264 e. The van der Waals surface area contributed by atoms with Crippen LogP contribution >= 0.6 is 11.3 Å². The van der Waals surface area contributed by atoms with Crippen molar-refractivity contribution in [3.8, 4) is 44.5 Å². The van der Waals surface area contributed by atoms with E-state index in [9.17, 15) is 0 Å². The molecule has 37 heavy (non-hydrogen) atoms. The summed E-state index contributed by atoms with van der Waals surface area (Å²) in [5.74, 6) is 0. The second-order valence-corrected chi connectivity index (χ2v) is 10.2. The number of fused-ring (bicyclic) bond motifs is 3. The van der Waals surface area contributed by atoms with Gasteiger partial charge in [-0.05, 0) is 45.0 Å². The van der Waals surface area contributed by atoms with Crippen LogP contribution in [0.3, 0.4) is 0 Å². The number of rotatable bonds is 4. The molecule has 0 atom stereocenters. The average molecular weight is 490 g/mol. The fourth-order valence-corrected chi connectivity index (χ4v) is 6.59. The van der Waals surface area contributed by atoms with Gasteiger partial charge < -0.3 is 0 Å². The van der Waals surface area contributed by atoms with Crippen LogP contribution in [0.1, 0.15) is 0 Å². The van der Waals surface area contributed by atoms with Crippen LogP contribution in [0.5, 0.6) is 0 Å². The predicted octanol–water partition coefficient (Wildman–Crippen LogP) is 10.1. The third-order valence-corrected chi connectivity index (χ3v) is 8.31. The quantitative estimate of drug-likeness (QED) is 0.240. The first-order valence-electron chi connectivity index (χ1n) is 12.5. The van der Waals surface area contributed by atoms with Crippen molar-refractivity contribution in [3.05, 3.63) is 140 Å². The van der Waals surface area contributed by atoms with Gasteiger partial charge >= 0.3 is 0 Å². The summed E-state index contributed by atoms with van der Waals surface area (Å²) in [6.45, 7) is 0. The SMILES string of the molecule is c1ccc(-c2cccc3c2sc2c(-c4ccccc4-c4ccc(-c5cccnc5)cc4)cccc23)cc1. The molecule has 2 heteroatoms. The first-order chi connectivity index (χ1) is 18.4. The van der Waals surface area contributed by atoms with Crippen LogP contribution < -0.4 is 0 Å². The molecule has 7 aromatic rings. The molecule has 0 N–H and O–H groups in total. The van der Waals surface area contributed by atoms with E-state index in [0.29, 0.717) is 0 Å². The van der Waals surface area contributed by atoms with E-state index in [2.05, 4.69) is 126 Å². The lowest BCUT2D eigenvalue weighted by molar-refractivity contribution is 1.33. The Bertz CT molecular complexity index is 1850. The Hall–Kier alpha value is -4.53. The minimum absolute atomic E-state index is 1.13. The van der Waals surface area contributed by atoms with Gasteiger partial charge in [-0.15, -0.1) is 11.3 Å². The molecule has 5 aromatic carbocycles. The lowest BCUT2D eigenvalue weighted by atomic mass is 9.92. The predicted molar refractivity (Wildman–Crippen MR) is 159 cm³/mol. The summed E-state index contributed by atoms with van der Waals surface area (Å²) in [6, 6.07) is 45.8. The number of aromatic nitrogens is 1. The molecule has 0 spiro atoms. The normalized spacial score (nSPS) is 11.2. The van der Waals surface area contributed by atoms with E-state index < -0.39 is 0 Å². The molecular formula is C35H23NS. The summed E-state index contributed by atoms with van der Waals surface area (Å²) < 4.78 is 2.68. The highest BCUT2D eigenvalue weighted by molar-refractivity contribution is 7.26. The van der Waals surface area contributed by atoms with Gasteiger partial charge in [0.15, 0.2) is 0 Å². The maximum atomic E-state index is 4.27. The lowest BCUT2D eigenvalue weighted by Gasteiger charge is -2.12. The van der Waals surface area contributed by atoms with E-state index in [0.717, 1.165) is 5.56 Å². The summed E-state index contributed by atoms with van der Waals surface area (Å²) in [5, 5.41) is 2.64. The van der Waals surface area contributed by atoms with E-state index in [1.165, 1.54) is 59.1 Å². The Morgan fingerprint density at radius 1 is 0.378 bits per heavy atom. The Kier molecular flexibility index (Phi) is 5.38. The zero-order chi connectivity index (χ0) is 24.6. The third-order valence-electron chi connectivity index (χ3n) is 7.02. The van der Waals surface area contributed by atoms with Crippen molar-refractivity contribution in [1.82, 2.24) is 4.98 Å². The van der Waals surface area contributed by atoms with Gasteiger partial charge in [-0.2, -0.15) is 0 Å². The molecule has 0 unspecified atom stereocenters. The van der Waals surface area contributed by atoms with Crippen molar-refractivity contribution in [2.75, 3.05) is 0 Å². The van der Waals surface area contributed by atoms with Crippen LogP contribution in [-0.2, 0) is 0 Å². The number of pyridine rings is 1. The number of hydrogen-bond donors (Lipinski definition) is 0. The van der Waals surface area contributed by atoms with Gasteiger partial charge in [-0.3, -0.25) is 4.98 Å². The van der Waals surface area contributed by atoms with Crippen LogP contribution in [0.4, 0.5) is 0 Å². The highest BCUT2D eigenvalue weighted by Gasteiger charge is 2.16. The van der Waals surface area contributed by atoms with Crippen molar-refractivity contribution < 1.29 is 0 Å². The zero-order valence-electron chi connectivity index (χ0n) is 20.1. The Morgan fingerprint density at radius 2 is 0.946 bits per heavy atom. The number of thiophene rings is 1. The van der Waals surface area contributed by atoms with Gasteiger partial charge in [0.2, 0.25) is 0 Å². The van der Waals surface area contributed by atoms with E-state index in [4.69, 9.17) is 0 Å². The second-order valence-electron chi connectivity index (χ2n) is 9.20. The third kappa shape index (κ3) is 3.83. The fraction of sp³-hybridized carbons (Fsp3) is 0. The summed E-state index contributed by atoms with van der Waals surface area (Å²) in [4.78, 5) is 4.27. The minimum Gasteiger partial charge on any atom is -0.264 e. The summed E-state index contributed by atoms with van der Waals surface area (Å²) >= 11 is 1.90. The van der Waals surface area contributed by atoms with Gasteiger partial charge in [-0.25, -0.2) is 0 Å². The highest BCUT2D eigenvalue weighted by Crippen LogP contribution is 2.45. The standard InChI is InChI=1S/C35H23NS/c1-2-9-25(10-3-1)29-14-6-16-32-33-17-7-15-31(35(33)37-34(29)32)30-13-5-4-12-28(30)26-20-18-24(19-21-26)27-11-8-22-36-23-27/h1-23H. The number of benzene rings is 5. The second kappa shape index (κ2) is 9.16. The Balaban J connectivity index is 1.39. The van der Waals surface area contributed by atoms with Crippen molar-refractivity contribution in [3.63, 3.8) is 0 Å². The highest BCUT2D eigenvalue weighted by atomic mass is 32.1. The van der Waals surface area contributed by atoms with Crippen LogP contribution in [0.25, 0.3) is 64.7 Å². The fourth-order valence-electron chi connectivity index (χ4n) is 5.22. The molecule has 2 heterocycles.